The Morgan fingerprint density at radius 1 is 1.46 bits per heavy atom. The van der Waals surface area contributed by atoms with E-state index in [1.165, 1.54) is 0 Å². The largest absolute Gasteiger partial charge is 0.373 e. The Bertz CT molecular complexity index is 157. The van der Waals surface area contributed by atoms with Gasteiger partial charge in [-0.3, -0.25) is 4.99 Å². The molecule has 76 valence electrons. The van der Waals surface area contributed by atoms with Crippen molar-refractivity contribution in [2.45, 2.75) is 26.4 Å². The van der Waals surface area contributed by atoms with E-state index >= 15 is 0 Å². The van der Waals surface area contributed by atoms with E-state index in [-0.39, 0.29) is 6.10 Å². The molecule has 0 aromatic rings. The molecule has 3 heteroatoms. The van der Waals surface area contributed by atoms with Crippen LogP contribution in [-0.4, -0.2) is 31.4 Å². The SMILES string of the molecule is CCOC(C)C=NCC/C=C/CCl. The lowest BCUT2D eigenvalue weighted by Crippen LogP contribution is -2.09. The molecule has 0 heterocycles. The van der Waals surface area contributed by atoms with Crippen LogP contribution in [0.2, 0.25) is 0 Å². The zero-order valence-electron chi connectivity index (χ0n) is 8.37. The van der Waals surface area contributed by atoms with Crippen molar-refractivity contribution in [3.8, 4) is 0 Å². The van der Waals surface area contributed by atoms with Crippen LogP contribution in [0, 0.1) is 0 Å². The number of hydrogen-bond acceptors (Lipinski definition) is 2. The lowest BCUT2D eigenvalue weighted by molar-refractivity contribution is 0.125. The van der Waals surface area contributed by atoms with Gasteiger partial charge in [0.05, 0.1) is 6.10 Å². The van der Waals surface area contributed by atoms with E-state index in [4.69, 9.17) is 16.3 Å². The second kappa shape index (κ2) is 9.75. The van der Waals surface area contributed by atoms with Crippen molar-refractivity contribution in [1.29, 1.82) is 0 Å². The maximum atomic E-state index is 5.46. The van der Waals surface area contributed by atoms with Crippen LogP contribution in [0.1, 0.15) is 20.3 Å². The van der Waals surface area contributed by atoms with Gasteiger partial charge in [-0.25, -0.2) is 0 Å². The number of hydrogen-bond donors (Lipinski definition) is 0. The number of aliphatic imine (C=N–C) groups is 1. The molecule has 0 aromatic heterocycles. The Balaban J connectivity index is 3.34. The Morgan fingerprint density at radius 2 is 2.23 bits per heavy atom. The third-order valence-electron chi connectivity index (χ3n) is 1.43. The van der Waals surface area contributed by atoms with Gasteiger partial charge in [-0.1, -0.05) is 12.2 Å². The van der Waals surface area contributed by atoms with Crippen molar-refractivity contribution < 1.29 is 4.74 Å². The van der Waals surface area contributed by atoms with E-state index in [0.29, 0.717) is 5.88 Å². The van der Waals surface area contributed by atoms with E-state index in [9.17, 15) is 0 Å². The number of halogens is 1. The van der Waals surface area contributed by atoms with E-state index in [1.54, 1.807) is 0 Å². The fraction of sp³-hybridized carbons (Fsp3) is 0.700. The molecule has 0 aliphatic heterocycles. The van der Waals surface area contributed by atoms with Crippen molar-refractivity contribution in [2.75, 3.05) is 19.0 Å². The van der Waals surface area contributed by atoms with Crippen LogP contribution < -0.4 is 0 Å². The zero-order chi connectivity index (χ0) is 9.94. The summed E-state index contributed by atoms with van der Waals surface area (Å²) in [5.41, 5.74) is 0. The van der Waals surface area contributed by atoms with E-state index in [2.05, 4.69) is 4.99 Å². The third kappa shape index (κ3) is 9.57. The van der Waals surface area contributed by atoms with Crippen LogP contribution >= 0.6 is 11.6 Å². The maximum Gasteiger partial charge on any atom is 0.0893 e. The fourth-order valence-electron chi connectivity index (χ4n) is 0.859. The highest BCUT2D eigenvalue weighted by Gasteiger charge is 1.92. The number of ether oxygens (including phenoxy) is 1. The first kappa shape index (κ1) is 12.7. The highest BCUT2D eigenvalue weighted by atomic mass is 35.5. The molecule has 0 rings (SSSR count). The Hall–Kier alpha value is -0.340. The predicted molar refractivity (Wildman–Crippen MR) is 58.9 cm³/mol. The minimum Gasteiger partial charge on any atom is -0.373 e. The first-order valence-corrected chi connectivity index (χ1v) is 5.17. The van der Waals surface area contributed by atoms with Gasteiger partial charge in [-0.15, -0.1) is 11.6 Å². The van der Waals surface area contributed by atoms with Crippen molar-refractivity contribution in [2.24, 2.45) is 4.99 Å². The molecule has 0 N–H and O–H groups in total. The predicted octanol–water partition coefficient (Wildman–Crippen LogP) is 2.67. The molecule has 0 fully saturated rings. The summed E-state index contributed by atoms with van der Waals surface area (Å²) in [4.78, 5) is 4.22. The summed E-state index contributed by atoms with van der Waals surface area (Å²) < 4.78 is 5.28. The maximum absolute atomic E-state index is 5.46. The summed E-state index contributed by atoms with van der Waals surface area (Å²) in [5.74, 6) is 0.582. The normalized spacial score (nSPS) is 14.4. The van der Waals surface area contributed by atoms with Crippen molar-refractivity contribution in [1.82, 2.24) is 0 Å². The Labute approximate surface area is 85.6 Å². The molecular formula is C10H18ClNO. The first-order chi connectivity index (χ1) is 6.31. The Morgan fingerprint density at radius 3 is 2.85 bits per heavy atom. The van der Waals surface area contributed by atoms with Gasteiger partial charge in [-0.2, -0.15) is 0 Å². The van der Waals surface area contributed by atoms with Gasteiger partial charge >= 0.3 is 0 Å². The summed E-state index contributed by atoms with van der Waals surface area (Å²) in [6.07, 6.45) is 6.89. The quantitative estimate of drug-likeness (QED) is 0.270. The first-order valence-electron chi connectivity index (χ1n) is 4.63. The van der Waals surface area contributed by atoms with Gasteiger partial charge in [0.25, 0.3) is 0 Å². The number of alkyl halides is 1. The molecule has 0 aromatic carbocycles. The van der Waals surface area contributed by atoms with Crippen molar-refractivity contribution >= 4 is 17.8 Å². The number of allylic oxidation sites excluding steroid dienone is 1. The Kier molecular flexibility index (Phi) is 9.49. The highest BCUT2D eigenvalue weighted by Crippen LogP contribution is 1.89. The van der Waals surface area contributed by atoms with Gasteiger partial charge in [-0.05, 0) is 20.3 Å². The van der Waals surface area contributed by atoms with Gasteiger partial charge in [0.1, 0.15) is 0 Å². The van der Waals surface area contributed by atoms with Crippen LogP contribution in [0.15, 0.2) is 17.1 Å². The molecule has 0 radical (unpaired) electrons. The molecule has 0 saturated carbocycles. The van der Waals surface area contributed by atoms with Crippen LogP contribution in [-0.2, 0) is 4.74 Å². The van der Waals surface area contributed by atoms with Gasteiger partial charge in [0, 0.05) is 25.2 Å². The average Bonchev–Trinajstić information content (AvgIpc) is 2.11. The zero-order valence-corrected chi connectivity index (χ0v) is 9.13. The molecule has 1 atom stereocenters. The molecule has 0 aliphatic carbocycles. The topological polar surface area (TPSA) is 21.6 Å². The number of nitrogens with zero attached hydrogens (tertiary/aromatic N) is 1. The minimum absolute atomic E-state index is 0.127. The smallest absolute Gasteiger partial charge is 0.0893 e. The molecule has 0 spiro atoms. The van der Waals surface area contributed by atoms with E-state index in [1.807, 2.05) is 32.2 Å². The summed E-state index contributed by atoms with van der Waals surface area (Å²) in [6.45, 7) is 5.51. The molecule has 0 amide bonds. The lowest BCUT2D eigenvalue weighted by Gasteiger charge is -2.03. The monoisotopic (exact) mass is 203 g/mol. The van der Waals surface area contributed by atoms with Crippen LogP contribution in [0.4, 0.5) is 0 Å². The second-order valence-electron chi connectivity index (χ2n) is 2.63. The van der Waals surface area contributed by atoms with E-state index < -0.39 is 0 Å². The number of rotatable bonds is 7. The standard InChI is InChI=1S/C10H18ClNO/c1-3-13-10(2)9-12-8-6-4-5-7-11/h4-5,9-10H,3,6-8H2,1-2H3/b5-4+,12-9?. The lowest BCUT2D eigenvalue weighted by atomic mass is 10.4. The summed E-state index contributed by atoms with van der Waals surface area (Å²) >= 11 is 5.46. The molecule has 13 heavy (non-hydrogen) atoms. The molecule has 0 bridgehead atoms. The van der Waals surface area contributed by atoms with Crippen molar-refractivity contribution in [3.05, 3.63) is 12.2 Å². The molecule has 2 nitrogen and oxygen atoms in total. The molecular weight excluding hydrogens is 186 g/mol. The average molecular weight is 204 g/mol. The summed E-state index contributed by atoms with van der Waals surface area (Å²) in [5, 5.41) is 0. The van der Waals surface area contributed by atoms with Gasteiger partial charge in [0.15, 0.2) is 0 Å². The summed E-state index contributed by atoms with van der Waals surface area (Å²) in [7, 11) is 0. The van der Waals surface area contributed by atoms with E-state index in [0.717, 1.165) is 19.6 Å². The fourth-order valence-corrected chi connectivity index (χ4v) is 0.985. The van der Waals surface area contributed by atoms with Gasteiger partial charge in [0.2, 0.25) is 0 Å². The highest BCUT2D eigenvalue weighted by molar-refractivity contribution is 6.18. The minimum atomic E-state index is 0.127. The van der Waals surface area contributed by atoms with Crippen LogP contribution in [0.25, 0.3) is 0 Å². The van der Waals surface area contributed by atoms with Crippen LogP contribution in [0.3, 0.4) is 0 Å². The van der Waals surface area contributed by atoms with Gasteiger partial charge < -0.3 is 4.74 Å². The van der Waals surface area contributed by atoms with Crippen LogP contribution in [0.5, 0.6) is 0 Å². The molecule has 1 unspecified atom stereocenters. The summed E-state index contributed by atoms with van der Waals surface area (Å²) in [6, 6.07) is 0. The molecule has 0 aliphatic rings. The second-order valence-corrected chi connectivity index (χ2v) is 2.94. The molecule has 0 saturated heterocycles. The van der Waals surface area contributed by atoms with Crippen molar-refractivity contribution in [3.63, 3.8) is 0 Å². The third-order valence-corrected chi connectivity index (χ3v) is 1.60.